The number of hydrogen-bond acceptors (Lipinski definition) is 3. The lowest BCUT2D eigenvalue weighted by atomic mass is 9.95. The summed E-state index contributed by atoms with van der Waals surface area (Å²) in [6.07, 6.45) is 0.939. The minimum Gasteiger partial charge on any atom is -0.375 e. The Kier molecular flexibility index (Phi) is 3.53. The largest absolute Gasteiger partial charge is 0.375 e. The second-order valence-corrected chi connectivity index (χ2v) is 5.37. The Morgan fingerprint density at radius 2 is 2.16 bits per heavy atom. The first-order valence-electron chi connectivity index (χ1n) is 6.94. The summed E-state index contributed by atoms with van der Waals surface area (Å²) >= 11 is 0. The van der Waals surface area contributed by atoms with Gasteiger partial charge >= 0.3 is 0 Å². The highest BCUT2D eigenvalue weighted by Gasteiger charge is 2.30. The number of amides is 1. The van der Waals surface area contributed by atoms with Crippen molar-refractivity contribution in [2.45, 2.75) is 32.0 Å². The van der Waals surface area contributed by atoms with Crippen molar-refractivity contribution >= 4 is 5.91 Å². The number of fused-ring (bicyclic) bond motifs is 1. The zero-order valence-corrected chi connectivity index (χ0v) is 11.3. The maximum atomic E-state index is 12.5. The topological polar surface area (TPSA) is 41.6 Å². The summed E-state index contributed by atoms with van der Waals surface area (Å²) in [6, 6.07) is 8.26. The van der Waals surface area contributed by atoms with Gasteiger partial charge in [0.25, 0.3) is 0 Å². The van der Waals surface area contributed by atoms with Crippen molar-refractivity contribution in [3.05, 3.63) is 35.4 Å². The van der Waals surface area contributed by atoms with Gasteiger partial charge in [0.05, 0.1) is 18.8 Å². The molecule has 102 valence electrons. The van der Waals surface area contributed by atoms with Crippen LogP contribution in [0, 0.1) is 0 Å². The van der Waals surface area contributed by atoms with Crippen LogP contribution in [-0.2, 0) is 22.5 Å². The number of benzene rings is 1. The molecule has 2 aliphatic heterocycles. The van der Waals surface area contributed by atoms with Gasteiger partial charge in [-0.25, -0.2) is 0 Å². The molecule has 1 saturated heterocycles. The summed E-state index contributed by atoms with van der Waals surface area (Å²) in [5.74, 6) is 0.213. The minimum atomic E-state index is -0.0831. The lowest BCUT2D eigenvalue weighted by molar-refractivity contribution is -0.140. The van der Waals surface area contributed by atoms with Crippen molar-refractivity contribution in [3.8, 4) is 0 Å². The van der Waals surface area contributed by atoms with E-state index in [1.807, 2.05) is 24.0 Å². The lowest BCUT2D eigenvalue weighted by Crippen LogP contribution is -2.53. The van der Waals surface area contributed by atoms with Gasteiger partial charge in [0.2, 0.25) is 5.91 Å². The van der Waals surface area contributed by atoms with Crippen LogP contribution in [0.25, 0.3) is 0 Å². The standard InChI is InChI=1S/C15H20N2O2/c1-11-10-17(6-7-19-11)15(18)14-8-12-4-2-3-5-13(12)9-16-14/h2-5,11,14,16H,6-10H2,1H3/t11?,14-/m0/s1. The van der Waals surface area contributed by atoms with Gasteiger partial charge in [0.1, 0.15) is 0 Å². The average Bonchev–Trinajstić information content (AvgIpc) is 2.46. The second-order valence-electron chi connectivity index (χ2n) is 5.37. The van der Waals surface area contributed by atoms with Crippen molar-refractivity contribution in [1.82, 2.24) is 10.2 Å². The molecule has 2 atom stereocenters. The van der Waals surface area contributed by atoms with Gasteiger partial charge in [-0.2, -0.15) is 0 Å². The van der Waals surface area contributed by atoms with E-state index in [4.69, 9.17) is 4.74 Å². The van der Waals surface area contributed by atoms with E-state index in [9.17, 15) is 4.79 Å². The number of carbonyl (C=O) groups is 1. The number of carbonyl (C=O) groups excluding carboxylic acids is 1. The molecule has 4 nitrogen and oxygen atoms in total. The molecule has 2 aliphatic rings. The quantitative estimate of drug-likeness (QED) is 0.817. The predicted molar refractivity (Wildman–Crippen MR) is 72.8 cm³/mol. The summed E-state index contributed by atoms with van der Waals surface area (Å²) in [6.45, 7) is 4.87. The molecule has 3 rings (SSSR count). The SMILES string of the molecule is CC1CN(C(=O)[C@@H]2Cc3ccccc3CN2)CCO1. The Morgan fingerprint density at radius 3 is 2.95 bits per heavy atom. The van der Waals surface area contributed by atoms with Gasteiger partial charge < -0.3 is 15.0 Å². The average molecular weight is 260 g/mol. The summed E-state index contributed by atoms with van der Waals surface area (Å²) in [4.78, 5) is 14.4. The van der Waals surface area contributed by atoms with Crippen LogP contribution in [0.1, 0.15) is 18.1 Å². The molecular formula is C15H20N2O2. The van der Waals surface area contributed by atoms with Crippen LogP contribution in [-0.4, -0.2) is 42.6 Å². The van der Waals surface area contributed by atoms with Gasteiger partial charge in [-0.15, -0.1) is 0 Å². The molecule has 1 N–H and O–H groups in total. The van der Waals surface area contributed by atoms with E-state index < -0.39 is 0 Å². The normalized spacial score (nSPS) is 26.9. The maximum Gasteiger partial charge on any atom is 0.240 e. The smallest absolute Gasteiger partial charge is 0.240 e. The number of rotatable bonds is 1. The molecule has 1 fully saturated rings. The fraction of sp³-hybridized carbons (Fsp3) is 0.533. The van der Waals surface area contributed by atoms with Crippen LogP contribution in [0.5, 0.6) is 0 Å². The van der Waals surface area contributed by atoms with Crippen LogP contribution in [0.2, 0.25) is 0 Å². The number of morpholine rings is 1. The van der Waals surface area contributed by atoms with Crippen molar-refractivity contribution in [3.63, 3.8) is 0 Å². The van der Waals surface area contributed by atoms with Gasteiger partial charge in [0, 0.05) is 19.6 Å². The van der Waals surface area contributed by atoms with Crippen LogP contribution < -0.4 is 5.32 Å². The van der Waals surface area contributed by atoms with Gasteiger partial charge in [0.15, 0.2) is 0 Å². The third-order valence-corrected chi connectivity index (χ3v) is 3.93. The van der Waals surface area contributed by atoms with Crippen molar-refractivity contribution < 1.29 is 9.53 Å². The Labute approximate surface area is 113 Å². The summed E-state index contributed by atoms with van der Waals surface area (Å²) in [5, 5.41) is 3.36. The Hall–Kier alpha value is -1.39. The number of hydrogen-bond donors (Lipinski definition) is 1. The molecule has 1 aromatic carbocycles. The summed E-state index contributed by atoms with van der Waals surface area (Å²) in [5.41, 5.74) is 2.60. The maximum absolute atomic E-state index is 12.5. The first-order chi connectivity index (χ1) is 9.24. The molecule has 0 radical (unpaired) electrons. The number of nitrogens with one attached hydrogen (secondary N) is 1. The van der Waals surface area contributed by atoms with Crippen LogP contribution in [0.15, 0.2) is 24.3 Å². The van der Waals surface area contributed by atoms with E-state index in [0.29, 0.717) is 19.7 Å². The molecule has 0 bridgehead atoms. The number of nitrogens with zero attached hydrogens (tertiary/aromatic N) is 1. The van der Waals surface area contributed by atoms with E-state index in [-0.39, 0.29) is 18.1 Å². The van der Waals surface area contributed by atoms with E-state index in [1.54, 1.807) is 0 Å². The molecular weight excluding hydrogens is 240 g/mol. The highest BCUT2D eigenvalue weighted by molar-refractivity contribution is 5.82. The zero-order chi connectivity index (χ0) is 13.2. The molecule has 2 heterocycles. The third kappa shape index (κ3) is 2.65. The molecule has 0 saturated carbocycles. The highest BCUT2D eigenvalue weighted by atomic mass is 16.5. The molecule has 1 amide bonds. The Morgan fingerprint density at radius 1 is 1.37 bits per heavy atom. The summed E-state index contributed by atoms with van der Waals surface area (Å²) < 4.78 is 5.49. The van der Waals surface area contributed by atoms with Gasteiger partial charge in [-0.3, -0.25) is 4.79 Å². The Balaban J connectivity index is 1.69. The van der Waals surface area contributed by atoms with E-state index in [1.165, 1.54) is 11.1 Å². The van der Waals surface area contributed by atoms with Gasteiger partial charge in [-0.1, -0.05) is 24.3 Å². The van der Waals surface area contributed by atoms with Gasteiger partial charge in [-0.05, 0) is 24.5 Å². The monoisotopic (exact) mass is 260 g/mol. The van der Waals surface area contributed by atoms with Crippen LogP contribution in [0.4, 0.5) is 0 Å². The molecule has 1 aromatic rings. The minimum absolute atomic E-state index is 0.0831. The second kappa shape index (κ2) is 5.31. The molecule has 4 heteroatoms. The van der Waals surface area contributed by atoms with Crippen molar-refractivity contribution in [1.29, 1.82) is 0 Å². The fourth-order valence-electron chi connectivity index (χ4n) is 2.87. The van der Waals surface area contributed by atoms with Crippen LogP contribution >= 0.6 is 0 Å². The fourth-order valence-corrected chi connectivity index (χ4v) is 2.87. The van der Waals surface area contributed by atoms with Crippen LogP contribution in [0.3, 0.4) is 0 Å². The molecule has 19 heavy (non-hydrogen) atoms. The first kappa shape index (κ1) is 12.6. The third-order valence-electron chi connectivity index (χ3n) is 3.93. The first-order valence-corrected chi connectivity index (χ1v) is 6.94. The molecule has 0 aliphatic carbocycles. The van der Waals surface area contributed by atoms with E-state index in [2.05, 4.69) is 17.4 Å². The molecule has 0 aromatic heterocycles. The van der Waals surface area contributed by atoms with Crippen molar-refractivity contribution in [2.75, 3.05) is 19.7 Å². The predicted octanol–water partition coefficient (Wildman–Crippen LogP) is 0.948. The van der Waals surface area contributed by atoms with E-state index in [0.717, 1.165) is 13.0 Å². The number of ether oxygens (including phenoxy) is 1. The van der Waals surface area contributed by atoms with E-state index >= 15 is 0 Å². The molecule has 0 spiro atoms. The zero-order valence-electron chi connectivity index (χ0n) is 11.3. The lowest BCUT2D eigenvalue weighted by Gasteiger charge is -2.35. The summed E-state index contributed by atoms with van der Waals surface area (Å²) in [7, 11) is 0. The highest BCUT2D eigenvalue weighted by Crippen LogP contribution is 2.18. The Bertz CT molecular complexity index is 475. The van der Waals surface area contributed by atoms with Crippen molar-refractivity contribution in [2.24, 2.45) is 0 Å². The molecule has 1 unspecified atom stereocenters.